The summed E-state index contributed by atoms with van der Waals surface area (Å²) in [6.45, 7) is 3.56. The lowest BCUT2D eigenvalue weighted by Gasteiger charge is -2.22. The Morgan fingerprint density at radius 2 is 2.00 bits per heavy atom. The summed E-state index contributed by atoms with van der Waals surface area (Å²) in [5.74, 6) is 0.722. The first kappa shape index (κ1) is 14.2. The van der Waals surface area contributed by atoms with Gasteiger partial charge in [0.15, 0.2) is 0 Å². The summed E-state index contributed by atoms with van der Waals surface area (Å²) in [6.07, 6.45) is 4.56. The van der Waals surface area contributed by atoms with E-state index in [1.165, 1.54) is 5.56 Å². The molecule has 0 atom stereocenters. The highest BCUT2D eigenvalue weighted by molar-refractivity contribution is 14.1. The van der Waals surface area contributed by atoms with Crippen molar-refractivity contribution in [2.24, 2.45) is 5.73 Å². The van der Waals surface area contributed by atoms with E-state index in [0.717, 1.165) is 28.2 Å². The molecule has 0 unspecified atom stereocenters. The van der Waals surface area contributed by atoms with E-state index in [0.29, 0.717) is 6.54 Å². The van der Waals surface area contributed by atoms with Crippen molar-refractivity contribution in [1.82, 2.24) is 9.97 Å². The molecule has 0 saturated carbocycles. The van der Waals surface area contributed by atoms with E-state index >= 15 is 0 Å². The Labute approximate surface area is 127 Å². The second-order valence-electron chi connectivity index (χ2n) is 4.33. The van der Waals surface area contributed by atoms with Gasteiger partial charge in [0, 0.05) is 28.2 Å². The average Bonchev–Trinajstić information content (AvgIpc) is 2.41. The third-order valence-electron chi connectivity index (χ3n) is 2.75. The van der Waals surface area contributed by atoms with Crippen LogP contribution in [0.15, 0.2) is 36.7 Å². The Bertz CT molecular complexity index is 527. The average molecular weight is 368 g/mol. The van der Waals surface area contributed by atoms with Gasteiger partial charge in [0.05, 0.1) is 0 Å². The number of halogens is 1. The fourth-order valence-electron chi connectivity index (χ4n) is 1.83. The number of rotatable bonds is 5. The third kappa shape index (κ3) is 3.87. The minimum absolute atomic E-state index is 0.659. The van der Waals surface area contributed by atoms with Gasteiger partial charge < -0.3 is 10.6 Å². The first-order valence-electron chi connectivity index (χ1n) is 6.22. The van der Waals surface area contributed by atoms with Crippen LogP contribution in [-0.4, -0.2) is 23.1 Å². The van der Waals surface area contributed by atoms with Gasteiger partial charge in [-0.2, -0.15) is 0 Å². The number of hydrogen-bond acceptors (Lipinski definition) is 4. The highest BCUT2D eigenvalue weighted by atomic mass is 127. The molecule has 0 spiro atoms. The fourth-order valence-corrected chi connectivity index (χ4v) is 2.11. The van der Waals surface area contributed by atoms with E-state index in [1.807, 2.05) is 18.5 Å². The summed E-state index contributed by atoms with van der Waals surface area (Å²) in [7, 11) is 0. The lowest BCUT2D eigenvalue weighted by atomic mass is 10.2. The molecule has 19 heavy (non-hydrogen) atoms. The highest BCUT2D eigenvalue weighted by Gasteiger charge is 2.11. The topological polar surface area (TPSA) is 55.0 Å². The summed E-state index contributed by atoms with van der Waals surface area (Å²) >= 11 is 2.21. The van der Waals surface area contributed by atoms with Crippen molar-refractivity contribution in [3.05, 3.63) is 45.8 Å². The van der Waals surface area contributed by atoms with Crippen molar-refractivity contribution in [2.45, 2.75) is 13.3 Å². The Hall–Kier alpha value is -1.21. The Morgan fingerprint density at radius 1 is 1.26 bits per heavy atom. The normalized spacial score (nSPS) is 10.5. The molecule has 0 bridgehead atoms. The van der Waals surface area contributed by atoms with Crippen LogP contribution in [0.4, 0.5) is 11.6 Å². The van der Waals surface area contributed by atoms with Gasteiger partial charge in [-0.05, 0) is 60.2 Å². The van der Waals surface area contributed by atoms with Crippen LogP contribution < -0.4 is 10.6 Å². The molecule has 2 rings (SSSR count). The van der Waals surface area contributed by atoms with Crippen molar-refractivity contribution >= 4 is 34.2 Å². The lowest BCUT2D eigenvalue weighted by molar-refractivity contribution is 0.798. The van der Waals surface area contributed by atoms with Gasteiger partial charge in [-0.25, -0.2) is 9.97 Å². The number of hydrogen-bond donors (Lipinski definition) is 1. The van der Waals surface area contributed by atoms with Crippen LogP contribution in [0.1, 0.15) is 12.0 Å². The molecule has 4 nitrogen and oxygen atoms in total. The maximum absolute atomic E-state index is 5.62. The van der Waals surface area contributed by atoms with E-state index in [1.54, 1.807) is 0 Å². The van der Waals surface area contributed by atoms with Gasteiger partial charge in [0.25, 0.3) is 0 Å². The first-order valence-corrected chi connectivity index (χ1v) is 7.30. The molecule has 0 radical (unpaired) electrons. The zero-order valence-corrected chi connectivity index (χ0v) is 13.0. The van der Waals surface area contributed by atoms with Crippen molar-refractivity contribution < 1.29 is 0 Å². The number of nitrogens with two attached hydrogens (primary N) is 1. The van der Waals surface area contributed by atoms with Crippen LogP contribution in [0, 0.1) is 10.5 Å². The van der Waals surface area contributed by atoms with Gasteiger partial charge in [-0.3, -0.25) is 0 Å². The maximum atomic E-state index is 5.62. The molecular weight excluding hydrogens is 351 g/mol. The van der Waals surface area contributed by atoms with Gasteiger partial charge in [-0.15, -0.1) is 0 Å². The molecule has 0 fully saturated rings. The second kappa shape index (κ2) is 6.81. The van der Waals surface area contributed by atoms with Crippen molar-refractivity contribution in [1.29, 1.82) is 0 Å². The van der Waals surface area contributed by atoms with Gasteiger partial charge >= 0.3 is 0 Å². The largest absolute Gasteiger partial charge is 0.330 e. The summed E-state index contributed by atoms with van der Waals surface area (Å²) < 4.78 is 1.03. The van der Waals surface area contributed by atoms with Crippen LogP contribution >= 0.6 is 22.6 Å². The SMILES string of the molecule is Cc1cccc(N(CCCN)c2ncc(I)cn2)c1. The second-order valence-corrected chi connectivity index (χ2v) is 5.58. The van der Waals surface area contributed by atoms with Gasteiger partial charge in [0.2, 0.25) is 5.95 Å². The Kier molecular flexibility index (Phi) is 5.09. The monoisotopic (exact) mass is 368 g/mol. The van der Waals surface area contributed by atoms with Crippen LogP contribution in [0.2, 0.25) is 0 Å². The predicted molar refractivity (Wildman–Crippen MR) is 86.6 cm³/mol. The summed E-state index contributed by atoms with van der Waals surface area (Å²) in [5.41, 5.74) is 7.95. The third-order valence-corrected chi connectivity index (χ3v) is 3.30. The number of benzene rings is 1. The standard InChI is InChI=1S/C14H17IN4/c1-11-4-2-5-13(8-11)19(7-3-6-16)14-17-9-12(15)10-18-14/h2,4-5,8-10H,3,6-7,16H2,1H3. The molecule has 0 amide bonds. The molecule has 0 aliphatic rings. The van der Waals surface area contributed by atoms with Crippen LogP contribution in [0.3, 0.4) is 0 Å². The quantitative estimate of drug-likeness (QED) is 0.825. The highest BCUT2D eigenvalue weighted by Crippen LogP contribution is 2.23. The molecule has 2 N–H and O–H groups in total. The van der Waals surface area contributed by atoms with E-state index < -0.39 is 0 Å². The molecule has 1 aromatic heterocycles. The molecule has 100 valence electrons. The summed E-state index contributed by atoms with van der Waals surface area (Å²) in [4.78, 5) is 10.9. The Morgan fingerprint density at radius 3 is 2.63 bits per heavy atom. The maximum Gasteiger partial charge on any atom is 0.229 e. The van der Waals surface area contributed by atoms with E-state index in [-0.39, 0.29) is 0 Å². The molecule has 5 heteroatoms. The molecule has 0 saturated heterocycles. The zero-order chi connectivity index (χ0) is 13.7. The molecule has 0 aliphatic heterocycles. The van der Waals surface area contributed by atoms with E-state index in [9.17, 15) is 0 Å². The Balaban J connectivity index is 2.32. The lowest BCUT2D eigenvalue weighted by Crippen LogP contribution is -2.23. The van der Waals surface area contributed by atoms with Crippen LogP contribution in [0.5, 0.6) is 0 Å². The number of nitrogens with zero attached hydrogens (tertiary/aromatic N) is 3. The zero-order valence-electron chi connectivity index (χ0n) is 10.9. The minimum atomic E-state index is 0.659. The van der Waals surface area contributed by atoms with E-state index in [2.05, 4.69) is 62.6 Å². The van der Waals surface area contributed by atoms with Crippen molar-refractivity contribution in [3.63, 3.8) is 0 Å². The van der Waals surface area contributed by atoms with Gasteiger partial charge in [0.1, 0.15) is 0 Å². The molecule has 0 aliphatic carbocycles. The van der Waals surface area contributed by atoms with Crippen LogP contribution in [0.25, 0.3) is 0 Å². The molecule has 2 aromatic rings. The molecular formula is C14H17IN4. The minimum Gasteiger partial charge on any atom is -0.330 e. The van der Waals surface area contributed by atoms with E-state index in [4.69, 9.17) is 5.73 Å². The van der Waals surface area contributed by atoms with Crippen LogP contribution in [-0.2, 0) is 0 Å². The summed E-state index contributed by atoms with van der Waals surface area (Å²) in [5, 5.41) is 0. The number of anilines is 2. The molecule has 1 aromatic carbocycles. The predicted octanol–water partition coefficient (Wildman–Crippen LogP) is 2.88. The van der Waals surface area contributed by atoms with Crippen molar-refractivity contribution in [2.75, 3.05) is 18.0 Å². The summed E-state index contributed by atoms with van der Waals surface area (Å²) in [6, 6.07) is 8.34. The van der Waals surface area contributed by atoms with Crippen molar-refractivity contribution in [3.8, 4) is 0 Å². The van der Waals surface area contributed by atoms with Gasteiger partial charge in [-0.1, -0.05) is 12.1 Å². The smallest absolute Gasteiger partial charge is 0.229 e. The fraction of sp³-hybridized carbons (Fsp3) is 0.286. The number of aromatic nitrogens is 2. The number of aryl methyl sites for hydroxylation is 1. The molecule has 1 heterocycles. The first-order chi connectivity index (χ1) is 9.20.